The number of fused-ring (bicyclic) bond motifs is 1. The lowest BCUT2D eigenvalue weighted by molar-refractivity contribution is 0.0697. The van der Waals surface area contributed by atoms with Gasteiger partial charge in [0.25, 0.3) is 0 Å². The maximum Gasteiger partial charge on any atom is 0.335 e. The number of aromatic carboxylic acids is 1. The maximum absolute atomic E-state index is 12.0. The van der Waals surface area contributed by atoms with Crippen LogP contribution in [0.3, 0.4) is 0 Å². The van der Waals surface area contributed by atoms with E-state index >= 15 is 0 Å². The van der Waals surface area contributed by atoms with Crippen LogP contribution in [0.15, 0.2) is 63.8 Å². The van der Waals surface area contributed by atoms with Crippen molar-refractivity contribution in [2.45, 2.75) is 0 Å². The van der Waals surface area contributed by atoms with Gasteiger partial charge in [-0.3, -0.25) is 4.79 Å². The van der Waals surface area contributed by atoms with Crippen molar-refractivity contribution in [2.24, 2.45) is 0 Å². The molecular weight excluding hydrogens is 256 g/mol. The molecule has 0 spiro atoms. The molecular formula is C16H10O4. The second-order valence-electron chi connectivity index (χ2n) is 4.36. The van der Waals surface area contributed by atoms with Crippen LogP contribution in [0.4, 0.5) is 0 Å². The minimum Gasteiger partial charge on any atom is -0.478 e. The quantitative estimate of drug-likeness (QED) is 0.773. The number of para-hydroxylation sites is 1. The number of carboxylic acids is 1. The van der Waals surface area contributed by atoms with E-state index in [1.807, 2.05) is 0 Å². The highest BCUT2D eigenvalue weighted by atomic mass is 16.4. The topological polar surface area (TPSA) is 67.5 Å². The average molecular weight is 266 g/mol. The fourth-order valence-corrected chi connectivity index (χ4v) is 2.05. The SMILES string of the molecule is O=C(O)c1cccc(-c2cc(=O)c3ccccc3o2)c1. The van der Waals surface area contributed by atoms with Crippen LogP contribution in [-0.2, 0) is 0 Å². The predicted octanol–water partition coefficient (Wildman–Crippen LogP) is 3.16. The largest absolute Gasteiger partial charge is 0.478 e. The molecule has 4 nitrogen and oxygen atoms in total. The van der Waals surface area contributed by atoms with E-state index in [2.05, 4.69) is 0 Å². The summed E-state index contributed by atoms with van der Waals surface area (Å²) < 4.78 is 5.67. The van der Waals surface area contributed by atoms with E-state index in [1.165, 1.54) is 18.2 Å². The Morgan fingerprint density at radius 1 is 1.00 bits per heavy atom. The summed E-state index contributed by atoms with van der Waals surface area (Å²) in [6.07, 6.45) is 0. The van der Waals surface area contributed by atoms with Gasteiger partial charge in [-0.15, -0.1) is 0 Å². The van der Waals surface area contributed by atoms with Gasteiger partial charge in [0.2, 0.25) is 0 Å². The van der Waals surface area contributed by atoms with E-state index in [0.29, 0.717) is 22.3 Å². The molecule has 3 aromatic rings. The Kier molecular flexibility index (Phi) is 2.84. The van der Waals surface area contributed by atoms with Gasteiger partial charge in [0, 0.05) is 11.6 Å². The second kappa shape index (κ2) is 4.66. The summed E-state index contributed by atoms with van der Waals surface area (Å²) in [5.74, 6) is -0.660. The first kappa shape index (κ1) is 12.2. The minimum atomic E-state index is -1.02. The van der Waals surface area contributed by atoms with Gasteiger partial charge in [-0.25, -0.2) is 4.79 Å². The van der Waals surface area contributed by atoms with Crippen molar-refractivity contribution >= 4 is 16.9 Å². The molecule has 0 aliphatic heterocycles. The summed E-state index contributed by atoms with van der Waals surface area (Å²) in [5.41, 5.74) is 1.05. The summed E-state index contributed by atoms with van der Waals surface area (Å²) in [5, 5.41) is 9.50. The second-order valence-corrected chi connectivity index (χ2v) is 4.36. The zero-order valence-electron chi connectivity index (χ0n) is 10.4. The molecule has 1 aromatic heterocycles. The van der Waals surface area contributed by atoms with E-state index in [4.69, 9.17) is 9.52 Å². The fraction of sp³-hybridized carbons (Fsp3) is 0. The van der Waals surface area contributed by atoms with Gasteiger partial charge < -0.3 is 9.52 Å². The minimum absolute atomic E-state index is 0.150. The van der Waals surface area contributed by atoms with Gasteiger partial charge in [0.1, 0.15) is 11.3 Å². The molecule has 0 aliphatic carbocycles. The van der Waals surface area contributed by atoms with E-state index in [0.717, 1.165) is 0 Å². The molecule has 0 bridgehead atoms. The molecule has 1 N–H and O–H groups in total. The van der Waals surface area contributed by atoms with Gasteiger partial charge in [-0.1, -0.05) is 24.3 Å². The number of hydrogen-bond acceptors (Lipinski definition) is 3. The monoisotopic (exact) mass is 266 g/mol. The zero-order valence-corrected chi connectivity index (χ0v) is 10.4. The van der Waals surface area contributed by atoms with Crippen LogP contribution in [0.5, 0.6) is 0 Å². The van der Waals surface area contributed by atoms with Crippen molar-refractivity contribution in [3.63, 3.8) is 0 Å². The van der Waals surface area contributed by atoms with Crippen LogP contribution in [0.1, 0.15) is 10.4 Å². The van der Waals surface area contributed by atoms with Crippen molar-refractivity contribution in [3.05, 3.63) is 70.4 Å². The van der Waals surface area contributed by atoms with Gasteiger partial charge in [0.05, 0.1) is 10.9 Å². The summed E-state index contributed by atoms with van der Waals surface area (Å²) >= 11 is 0. The molecule has 0 amide bonds. The normalized spacial score (nSPS) is 10.6. The average Bonchev–Trinajstić information content (AvgIpc) is 2.47. The number of carbonyl (C=O) groups is 1. The van der Waals surface area contributed by atoms with Gasteiger partial charge in [-0.05, 0) is 24.3 Å². The lowest BCUT2D eigenvalue weighted by atomic mass is 10.1. The summed E-state index contributed by atoms with van der Waals surface area (Å²) in [7, 11) is 0. The van der Waals surface area contributed by atoms with E-state index in [9.17, 15) is 9.59 Å². The Morgan fingerprint density at radius 3 is 2.60 bits per heavy atom. The van der Waals surface area contributed by atoms with Gasteiger partial charge >= 0.3 is 5.97 Å². The van der Waals surface area contributed by atoms with E-state index in [-0.39, 0.29) is 11.0 Å². The Bertz CT molecular complexity index is 861. The smallest absolute Gasteiger partial charge is 0.335 e. The van der Waals surface area contributed by atoms with Crippen LogP contribution in [0.2, 0.25) is 0 Å². The van der Waals surface area contributed by atoms with Gasteiger partial charge in [-0.2, -0.15) is 0 Å². The molecule has 20 heavy (non-hydrogen) atoms. The lowest BCUT2D eigenvalue weighted by Gasteiger charge is -2.04. The third-order valence-corrected chi connectivity index (χ3v) is 3.03. The summed E-state index contributed by atoms with van der Waals surface area (Å²) in [4.78, 5) is 23.0. The molecule has 0 aliphatic rings. The molecule has 98 valence electrons. The number of benzene rings is 2. The van der Waals surface area contributed by atoms with Crippen LogP contribution < -0.4 is 5.43 Å². The Labute approximate surface area is 113 Å². The number of carboxylic acid groups (broad SMARTS) is 1. The summed E-state index contributed by atoms with van der Waals surface area (Å²) in [6, 6.07) is 14.6. The van der Waals surface area contributed by atoms with Crippen molar-refractivity contribution in [3.8, 4) is 11.3 Å². The molecule has 2 aromatic carbocycles. The molecule has 0 atom stereocenters. The zero-order chi connectivity index (χ0) is 14.1. The van der Waals surface area contributed by atoms with Crippen molar-refractivity contribution < 1.29 is 14.3 Å². The third-order valence-electron chi connectivity index (χ3n) is 3.03. The first-order valence-electron chi connectivity index (χ1n) is 6.02. The third kappa shape index (κ3) is 2.07. The predicted molar refractivity (Wildman–Crippen MR) is 74.9 cm³/mol. The van der Waals surface area contributed by atoms with Gasteiger partial charge in [0.15, 0.2) is 5.43 Å². The molecule has 1 heterocycles. The molecule has 0 saturated heterocycles. The highest BCUT2D eigenvalue weighted by Gasteiger charge is 2.09. The lowest BCUT2D eigenvalue weighted by Crippen LogP contribution is -2.00. The van der Waals surface area contributed by atoms with Crippen molar-refractivity contribution in [1.82, 2.24) is 0 Å². The number of rotatable bonds is 2. The molecule has 0 radical (unpaired) electrons. The van der Waals surface area contributed by atoms with Crippen LogP contribution in [0, 0.1) is 0 Å². The van der Waals surface area contributed by atoms with E-state index in [1.54, 1.807) is 36.4 Å². The highest BCUT2D eigenvalue weighted by molar-refractivity contribution is 5.89. The maximum atomic E-state index is 12.0. The molecule has 4 heteroatoms. The fourth-order valence-electron chi connectivity index (χ4n) is 2.05. The Hall–Kier alpha value is -2.88. The number of hydrogen-bond donors (Lipinski definition) is 1. The van der Waals surface area contributed by atoms with Crippen molar-refractivity contribution in [1.29, 1.82) is 0 Å². The first-order chi connectivity index (χ1) is 9.65. The van der Waals surface area contributed by atoms with Crippen molar-refractivity contribution in [2.75, 3.05) is 0 Å². The van der Waals surface area contributed by atoms with E-state index < -0.39 is 5.97 Å². The first-order valence-corrected chi connectivity index (χ1v) is 6.02. The standard InChI is InChI=1S/C16H10O4/c17-13-9-15(20-14-7-2-1-6-12(13)14)10-4-3-5-11(8-10)16(18)19/h1-9H,(H,18,19). The van der Waals surface area contributed by atoms with Crippen LogP contribution >= 0.6 is 0 Å². The Balaban J connectivity index is 2.22. The van der Waals surface area contributed by atoms with Crippen LogP contribution in [-0.4, -0.2) is 11.1 Å². The van der Waals surface area contributed by atoms with Crippen LogP contribution in [0.25, 0.3) is 22.3 Å². The molecule has 0 unspecified atom stereocenters. The molecule has 0 saturated carbocycles. The highest BCUT2D eigenvalue weighted by Crippen LogP contribution is 2.22. The Morgan fingerprint density at radius 2 is 1.80 bits per heavy atom. The molecule has 0 fully saturated rings. The molecule has 3 rings (SSSR count). The summed E-state index contributed by atoms with van der Waals surface area (Å²) in [6.45, 7) is 0.